The lowest BCUT2D eigenvalue weighted by atomic mass is 9.86. The summed E-state index contributed by atoms with van der Waals surface area (Å²) in [6.45, 7) is 7.33. The van der Waals surface area contributed by atoms with Gasteiger partial charge >= 0.3 is 0 Å². The third-order valence-corrected chi connectivity index (χ3v) is 5.44. The molecule has 0 aliphatic carbocycles. The average Bonchev–Trinajstić information content (AvgIpc) is 2.74. The number of aromatic nitrogens is 2. The van der Waals surface area contributed by atoms with Gasteiger partial charge in [0.1, 0.15) is 11.4 Å². The fourth-order valence-corrected chi connectivity index (χ4v) is 3.70. The topological polar surface area (TPSA) is 74.3 Å². The monoisotopic (exact) mass is 418 g/mol. The molecule has 4 rings (SSSR count). The van der Waals surface area contributed by atoms with Crippen molar-refractivity contribution in [1.82, 2.24) is 9.55 Å². The van der Waals surface area contributed by atoms with Crippen molar-refractivity contribution in [3.05, 3.63) is 74.7 Å². The van der Waals surface area contributed by atoms with Crippen LogP contribution < -0.4 is 11.0 Å². The summed E-state index contributed by atoms with van der Waals surface area (Å²) in [6, 6.07) is 14.9. The zero-order valence-corrected chi connectivity index (χ0v) is 18.3. The fraction of sp³-hybridized carbons (Fsp3) is 0.320. The summed E-state index contributed by atoms with van der Waals surface area (Å²) < 4.78 is 12.6. The molecule has 4 aromatic rings. The summed E-state index contributed by atoms with van der Waals surface area (Å²) in [5.41, 5.74) is 1.71. The molecular weight excluding hydrogens is 392 g/mol. The molecular formula is C25H26N2O4. The lowest BCUT2D eigenvalue weighted by Gasteiger charge is -2.19. The van der Waals surface area contributed by atoms with Crippen LogP contribution >= 0.6 is 0 Å². The Balaban J connectivity index is 1.98. The Bertz CT molecular complexity index is 1360. The minimum Gasteiger partial charge on any atom is -0.437 e. The van der Waals surface area contributed by atoms with Crippen molar-refractivity contribution in [3.8, 4) is 11.4 Å². The van der Waals surface area contributed by atoms with Gasteiger partial charge in [-0.3, -0.25) is 14.2 Å². The maximum absolute atomic E-state index is 13.4. The molecule has 0 aliphatic heterocycles. The molecule has 0 amide bonds. The molecule has 0 radical (unpaired) electrons. The molecule has 0 bridgehead atoms. The van der Waals surface area contributed by atoms with Crippen molar-refractivity contribution < 1.29 is 9.15 Å². The molecule has 6 heteroatoms. The van der Waals surface area contributed by atoms with Crippen LogP contribution in [0.2, 0.25) is 0 Å². The van der Waals surface area contributed by atoms with E-state index in [1.165, 1.54) is 5.56 Å². The Hall–Kier alpha value is -3.25. The van der Waals surface area contributed by atoms with E-state index in [4.69, 9.17) is 9.15 Å². The van der Waals surface area contributed by atoms with Crippen molar-refractivity contribution in [2.24, 2.45) is 0 Å². The summed E-state index contributed by atoms with van der Waals surface area (Å²) in [5, 5.41) is 0.353. The van der Waals surface area contributed by atoms with Crippen LogP contribution in [0, 0.1) is 0 Å². The third kappa shape index (κ3) is 3.91. The van der Waals surface area contributed by atoms with Crippen molar-refractivity contribution >= 4 is 22.1 Å². The van der Waals surface area contributed by atoms with Gasteiger partial charge in [0.2, 0.25) is 11.1 Å². The van der Waals surface area contributed by atoms with E-state index in [0.29, 0.717) is 36.4 Å². The number of benzene rings is 2. The highest BCUT2D eigenvalue weighted by molar-refractivity contribution is 5.88. The second-order valence-electron chi connectivity index (χ2n) is 8.67. The van der Waals surface area contributed by atoms with Crippen LogP contribution in [0.25, 0.3) is 33.5 Å². The van der Waals surface area contributed by atoms with Gasteiger partial charge < -0.3 is 9.15 Å². The quantitative estimate of drug-likeness (QED) is 0.352. The van der Waals surface area contributed by atoms with Crippen LogP contribution in [0.5, 0.6) is 0 Å². The summed E-state index contributed by atoms with van der Waals surface area (Å²) in [7, 11) is 1.62. The van der Waals surface area contributed by atoms with Crippen molar-refractivity contribution in [2.75, 3.05) is 13.7 Å². The van der Waals surface area contributed by atoms with Crippen LogP contribution in [0.3, 0.4) is 0 Å². The minimum absolute atomic E-state index is 0.0131. The zero-order chi connectivity index (χ0) is 22.2. The Kier molecular flexibility index (Phi) is 5.50. The second kappa shape index (κ2) is 8.12. The molecule has 0 unspecified atom stereocenters. The van der Waals surface area contributed by atoms with Gasteiger partial charge in [0, 0.05) is 25.8 Å². The fourth-order valence-electron chi connectivity index (χ4n) is 3.70. The van der Waals surface area contributed by atoms with Gasteiger partial charge in [-0.15, -0.1) is 0 Å². The first-order chi connectivity index (χ1) is 14.8. The highest BCUT2D eigenvalue weighted by Crippen LogP contribution is 2.26. The number of nitrogens with zero attached hydrogens (tertiary/aromatic N) is 2. The predicted molar refractivity (Wildman–Crippen MR) is 123 cm³/mol. The van der Waals surface area contributed by atoms with Crippen LogP contribution in [0.4, 0.5) is 0 Å². The lowest BCUT2D eigenvalue weighted by molar-refractivity contribution is 0.190. The largest absolute Gasteiger partial charge is 0.437 e. The van der Waals surface area contributed by atoms with Gasteiger partial charge in [-0.25, -0.2) is 0 Å². The first kappa shape index (κ1) is 21.0. The summed E-state index contributed by atoms with van der Waals surface area (Å²) in [4.78, 5) is 31.1. The molecule has 2 heterocycles. The number of methoxy groups -OCH3 is 1. The Morgan fingerprint density at radius 3 is 2.42 bits per heavy atom. The molecule has 160 valence electrons. The number of ether oxygens (including phenoxy) is 1. The van der Waals surface area contributed by atoms with Gasteiger partial charge in [-0.2, -0.15) is 4.98 Å². The molecule has 0 atom stereocenters. The molecule has 0 fully saturated rings. The SMILES string of the molecule is COCCCn1c(-c2ccc(C(C)(C)C)cc2)nc2oc3ccccc3c(=O)c2c1=O. The number of hydrogen-bond acceptors (Lipinski definition) is 5. The minimum atomic E-state index is -0.393. The first-order valence-corrected chi connectivity index (χ1v) is 10.4. The van der Waals surface area contributed by atoms with Gasteiger partial charge in [0.15, 0.2) is 5.39 Å². The van der Waals surface area contributed by atoms with Crippen LogP contribution in [-0.2, 0) is 16.7 Å². The predicted octanol–water partition coefficient (Wildman–Crippen LogP) is 4.50. The number of para-hydroxylation sites is 1. The van der Waals surface area contributed by atoms with Crippen LogP contribution in [0.15, 0.2) is 62.5 Å². The van der Waals surface area contributed by atoms with Crippen LogP contribution in [0.1, 0.15) is 32.8 Å². The third-order valence-electron chi connectivity index (χ3n) is 5.44. The smallest absolute Gasteiger partial charge is 0.269 e. The molecule has 0 aliphatic rings. The van der Waals surface area contributed by atoms with Gasteiger partial charge in [-0.05, 0) is 29.5 Å². The van der Waals surface area contributed by atoms with E-state index in [1.54, 1.807) is 35.9 Å². The molecule has 0 spiro atoms. The molecule has 6 nitrogen and oxygen atoms in total. The van der Waals surface area contributed by atoms with Crippen molar-refractivity contribution in [2.45, 2.75) is 39.2 Å². The maximum atomic E-state index is 13.4. The maximum Gasteiger partial charge on any atom is 0.269 e. The lowest BCUT2D eigenvalue weighted by Crippen LogP contribution is -2.28. The Morgan fingerprint density at radius 1 is 1.03 bits per heavy atom. The summed E-state index contributed by atoms with van der Waals surface area (Å²) >= 11 is 0. The molecule has 2 aromatic heterocycles. The van der Waals surface area contributed by atoms with Crippen LogP contribution in [-0.4, -0.2) is 23.3 Å². The van der Waals surface area contributed by atoms with Gasteiger partial charge in [-0.1, -0.05) is 57.2 Å². The van der Waals surface area contributed by atoms with E-state index in [-0.39, 0.29) is 21.9 Å². The first-order valence-electron chi connectivity index (χ1n) is 10.4. The highest BCUT2D eigenvalue weighted by Gasteiger charge is 2.19. The molecule has 0 saturated carbocycles. The summed E-state index contributed by atoms with van der Waals surface area (Å²) in [5.74, 6) is 0.479. The van der Waals surface area contributed by atoms with E-state index in [2.05, 4.69) is 25.8 Å². The Morgan fingerprint density at radius 2 is 1.74 bits per heavy atom. The van der Waals surface area contributed by atoms with Crippen molar-refractivity contribution in [3.63, 3.8) is 0 Å². The van der Waals surface area contributed by atoms with E-state index < -0.39 is 5.56 Å². The van der Waals surface area contributed by atoms with E-state index in [0.717, 1.165) is 5.56 Å². The van der Waals surface area contributed by atoms with E-state index >= 15 is 0 Å². The van der Waals surface area contributed by atoms with Gasteiger partial charge in [0.25, 0.3) is 5.56 Å². The van der Waals surface area contributed by atoms with Gasteiger partial charge in [0.05, 0.1) is 5.39 Å². The van der Waals surface area contributed by atoms with E-state index in [9.17, 15) is 9.59 Å². The van der Waals surface area contributed by atoms with E-state index in [1.807, 2.05) is 24.3 Å². The standard InChI is InChI=1S/C25H26N2O4/c1-25(2,3)17-12-10-16(11-13-17)22-26-23-20(24(29)27(22)14-7-15-30-4)21(28)18-8-5-6-9-19(18)31-23/h5-6,8-13H,7,14-15H2,1-4H3. The normalized spacial score (nSPS) is 12.0. The number of fused-ring (bicyclic) bond motifs is 2. The highest BCUT2D eigenvalue weighted by atomic mass is 16.5. The molecule has 0 N–H and O–H groups in total. The molecule has 0 saturated heterocycles. The summed E-state index contributed by atoms with van der Waals surface area (Å²) in [6.07, 6.45) is 0.621. The zero-order valence-electron chi connectivity index (χ0n) is 18.3. The average molecular weight is 418 g/mol. The second-order valence-corrected chi connectivity index (χ2v) is 8.67. The molecule has 2 aromatic carbocycles. The number of rotatable bonds is 5. The Labute approximate surface area is 180 Å². The van der Waals surface area contributed by atoms with Crippen molar-refractivity contribution in [1.29, 1.82) is 0 Å². The molecule has 31 heavy (non-hydrogen) atoms. The number of hydrogen-bond donors (Lipinski definition) is 0.